The molecule has 3 N–H and O–H groups in total. The number of rotatable bonds is 10. The number of carbonyl (C=O) groups is 2. The van der Waals surface area contributed by atoms with Gasteiger partial charge in [-0.25, -0.2) is 22.8 Å². The van der Waals surface area contributed by atoms with Gasteiger partial charge in [0.25, 0.3) is 0 Å². The summed E-state index contributed by atoms with van der Waals surface area (Å²) in [6, 6.07) is 0.207. The molecule has 192 valence electrons. The number of likely N-dealkylation sites (N-methyl/N-ethyl adjacent to an activating group) is 1. The van der Waals surface area contributed by atoms with E-state index in [0.717, 1.165) is 51.6 Å². The van der Waals surface area contributed by atoms with Crippen LogP contribution in [0.1, 0.15) is 34.3 Å². The lowest BCUT2D eigenvalue weighted by Crippen LogP contribution is -2.44. The second kappa shape index (κ2) is 12.2. The molecule has 0 unspecified atom stereocenters. The predicted molar refractivity (Wildman–Crippen MR) is 125 cm³/mol. The highest BCUT2D eigenvalue weighted by molar-refractivity contribution is 7.11. The lowest BCUT2D eigenvalue weighted by Gasteiger charge is -2.32. The largest absolute Gasteiger partial charge is 0.477 e. The van der Waals surface area contributed by atoms with Crippen LogP contribution in [0.3, 0.4) is 0 Å². The van der Waals surface area contributed by atoms with E-state index in [1.54, 1.807) is 0 Å². The fraction of sp³-hybridized carbons (Fsp3) is 0.500. The minimum absolute atomic E-state index is 0.0986. The molecule has 1 aromatic heterocycles. The van der Waals surface area contributed by atoms with E-state index in [-0.39, 0.29) is 10.6 Å². The molecule has 1 fully saturated rings. The molecule has 1 aliphatic heterocycles. The van der Waals surface area contributed by atoms with Crippen molar-refractivity contribution in [1.29, 1.82) is 0 Å². The van der Waals surface area contributed by atoms with Gasteiger partial charge in [0, 0.05) is 32.7 Å². The number of nitrogens with one attached hydrogen (secondary N) is 2. The number of nitrogens with zero attached hydrogens (tertiary/aromatic N) is 3. The minimum Gasteiger partial charge on any atom is -0.477 e. The normalized spacial score (nSPS) is 14.7. The van der Waals surface area contributed by atoms with Gasteiger partial charge in [0.2, 0.25) is 5.88 Å². The molecule has 0 spiro atoms. The number of amides is 2. The van der Waals surface area contributed by atoms with Gasteiger partial charge < -0.3 is 25.0 Å². The Labute approximate surface area is 205 Å². The number of aryl methyl sites for hydroxylation is 1. The predicted octanol–water partition coefficient (Wildman–Crippen LogP) is 3.30. The average molecular weight is 516 g/mol. The molecule has 0 radical (unpaired) electrons. The fourth-order valence-corrected chi connectivity index (χ4v) is 4.28. The summed E-state index contributed by atoms with van der Waals surface area (Å²) in [5, 5.41) is 14.5. The first-order valence-electron chi connectivity index (χ1n) is 11.1. The highest BCUT2D eigenvalue weighted by atomic mass is 32.1. The zero-order chi connectivity index (χ0) is 25.5. The molecule has 0 bridgehead atoms. The third-order valence-corrected chi connectivity index (χ3v) is 6.42. The van der Waals surface area contributed by atoms with Crippen LogP contribution in [0.25, 0.3) is 0 Å². The molecule has 1 aliphatic rings. The molecule has 1 aromatic carbocycles. The van der Waals surface area contributed by atoms with E-state index in [9.17, 15) is 27.9 Å². The van der Waals surface area contributed by atoms with E-state index >= 15 is 0 Å². The summed E-state index contributed by atoms with van der Waals surface area (Å²) in [7, 11) is 2.10. The maximum Gasteiger partial charge on any atom is 0.344 e. The summed E-state index contributed by atoms with van der Waals surface area (Å²) in [6.07, 6.45) is 1.67. The van der Waals surface area contributed by atoms with Crippen molar-refractivity contribution in [3.8, 4) is 5.88 Å². The van der Waals surface area contributed by atoms with Gasteiger partial charge in [0.05, 0.1) is 5.56 Å². The van der Waals surface area contributed by atoms with Crippen LogP contribution >= 0.6 is 11.5 Å². The molecule has 3 rings (SSSR count). The number of urea groups is 1. The number of hydrogen-bond donors (Lipinski definition) is 3. The number of carboxylic acid groups (broad SMARTS) is 1. The highest BCUT2D eigenvalue weighted by Gasteiger charge is 2.25. The van der Waals surface area contributed by atoms with Gasteiger partial charge in [-0.3, -0.25) is 5.32 Å². The molecule has 0 atom stereocenters. The summed E-state index contributed by atoms with van der Waals surface area (Å²) >= 11 is 0.645. The SMILES string of the molecule is Cc1cc(F)c(COc2nsc(NC(=O)NCCCCN3CCN(C)CC3)c2C(=O)O)c(F)c1F. The van der Waals surface area contributed by atoms with Crippen molar-refractivity contribution in [2.75, 3.05) is 51.6 Å². The summed E-state index contributed by atoms with van der Waals surface area (Å²) in [4.78, 5) is 28.6. The first-order chi connectivity index (χ1) is 16.7. The van der Waals surface area contributed by atoms with Crippen molar-refractivity contribution in [3.05, 3.63) is 40.2 Å². The lowest BCUT2D eigenvalue weighted by molar-refractivity contribution is 0.0693. The van der Waals surface area contributed by atoms with Crippen LogP contribution in [0.15, 0.2) is 6.07 Å². The van der Waals surface area contributed by atoms with Crippen molar-refractivity contribution >= 4 is 28.5 Å². The number of ether oxygens (including phenoxy) is 1. The Kier molecular flexibility index (Phi) is 9.29. The Morgan fingerprint density at radius 1 is 1.17 bits per heavy atom. The van der Waals surface area contributed by atoms with Crippen LogP contribution in [0.2, 0.25) is 0 Å². The van der Waals surface area contributed by atoms with Crippen molar-refractivity contribution in [3.63, 3.8) is 0 Å². The molecule has 2 heterocycles. The standard InChI is InChI=1S/C22H28F3N5O4S/c1-13-11-15(23)14(18(25)17(13)24)12-34-19-16(21(31)32)20(35-28-19)27-22(33)26-5-3-4-6-30-9-7-29(2)8-10-30/h11H,3-10,12H2,1-2H3,(H,31,32)(H2,26,27,33). The maximum atomic E-state index is 14.1. The Morgan fingerprint density at radius 2 is 1.89 bits per heavy atom. The van der Waals surface area contributed by atoms with Crippen LogP contribution in [-0.2, 0) is 6.61 Å². The number of hydrogen-bond acceptors (Lipinski definition) is 7. The zero-order valence-corrected chi connectivity index (χ0v) is 20.3. The average Bonchev–Trinajstić information content (AvgIpc) is 3.21. The van der Waals surface area contributed by atoms with Gasteiger partial charge in [-0.05, 0) is 56.5 Å². The monoisotopic (exact) mass is 515 g/mol. The fourth-order valence-electron chi connectivity index (χ4n) is 3.55. The van der Waals surface area contributed by atoms with Crippen LogP contribution in [0.4, 0.5) is 23.0 Å². The number of unbranched alkanes of at least 4 members (excludes halogenated alkanes) is 1. The minimum atomic E-state index is -1.45. The van der Waals surface area contributed by atoms with Gasteiger partial charge in [-0.1, -0.05) is 0 Å². The first-order valence-corrected chi connectivity index (χ1v) is 11.9. The molecular formula is C22H28F3N5O4S. The second-order valence-corrected chi connectivity index (χ2v) is 9.07. The van der Waals surface area contributed by atoms with Crippen molar-refractivity contribution in [2.24, 2.45) is 0 Å². The van der Waals surface area contributed by atoms with Gasteiger partial charge in [0.1, 0.15) is 17.4 Å². The van der Waals surface area contributed by atoms with Crippen molar-refractivity contribution in [2.45, 2.75) is 26.4 Å². The number of aromatic carboxylic acids is 1. The molecule has 13 heteroatoms. The first kappa shape index (κ1) is 26.7. The van der Waals surface area contributed by atoms with Gasteiger partial charge in [0.15, 0.2) is 17.2 Å². The van der Waals surface area contributed by atoms with Crippen molar-refractivity contribution < 1.29 is 32.6 Å². The molecule has 2 aromatic rings. The van der Waals surface area contributed by atoms with Gasteiger partial charge in [-0.15, -0.1) is 0 Å². The third-order valence-electron chi connectivity index (χ3n) is 5.67. The summed E-state index contributed by atoms with van der Waals surface area (Å²) in [6.45, 7) is 5.91. The van der Waals surface area contributed by atoms with Crippen molar-refractivity contribution in [1.82, 2.24) is 19.5 Å². The summed E-state index contributed by atoms with van der Waals surface area (Å²) < 4.78 is 50.8. The van der Waals surface area contributed by atoms with E-state index in [1.807, 2.05) is 0 Å². The van der Waals surface area contributed by atoms with E-state index in [0.29, 0.717) is 18.1 Å². The van der Waals surface area contributed by atoms with E-state index < -0.39 is 53.1 Å². The van der Waals surface area contributed by atoms with E-state index in [2.05, 4.69) is 31.9 Å². The zero-order valence-electron chi connectivity index (χ0n) is 19.5. The van der Waals surface area contributed by atoms with E-state index in [1.165, 1.54) is 6.92 Å². The molecular weight excluding hydrogens is 487 g/mol. The second-order valence-electron chi connectivity index (χ2n) is 8.30. The number of carbonyl (C=O) groups excluding carboxylic acids is 1. The van der Waals surface area contributed by atoms with Gasteiger partial charge in [-0.2, -0.15) is 4.37 Å². The van der Waals surface area contributed by atoms with Crippen LogP contribution in [-0.4, -0.2) is 77.6 Å². The topological polar surface area (TPSA) is 107 Å². The lowest BCUT2D eigenvalue weighted by atomic mass is 10.1. The Bertz CT molecular complexity index is 1060. The number of anilines is 1. The number of aromatic nitrogens is 1. The molecule has 0 saturated carbocycles. The van der Waals surface area contributed by atoms with Gasteiger partial charge >= 0.3 is 12.0 Å². The van der Waals surface area contributed by atoms with Crippen LogP contribution in [0, 0.1) is 24.4 Å². The molecule has 2 amide bonds. The Balaban J connectivity index is 1.50. The highest BCUT2D eigenvalue weighted by Crippen LogP contribution is 2.31. The molecule has 9 nitrogen and oxygen atoms in total. The number of carboxylic acids is 1. The Hall–Kier alpha value is -2.90. The summed E-state index contributed by atoms with van der Waals surface area (Å²) in [5.41, 5.74) is -1.37. The molecule has 0 aliphatic carbocycles. The van der Waals surface area contributed by atoms with E-state index in [4.69, 9.17) is 4.74 Å². The number of benzene rings is 1. The summed E-state index contributed by atoms with van der Waals surface area (Å²) in [5.74, 6) is -5.56. The molecule has 1 saturated heterocycles. The van der Waals surface area contributed by atoms with Crippen LogP contribution in [0.5, 0.6) is 5.88 Å². The number of piperazine rings is 1. The number of halogens is 3. The molecule has 35 heavy (non-hydrogen) atoms. The smallest absolute Gasteiger partial charge is 0.344 e. The van der Waals surface area contributed by atoms with Crippen LogP contribution < -0.4 is 15.4 Å². The maximum absolute atomic E-state index is 14.1. The third kappa shape index (κ3) is 7.05. The Morgan fingerprint density at radius 3 is 2.57 bits per heavy atom. The quantitative estimate of drug-likeness (QED) is 0.329.